The smallest absolute Gasteiger partial charge is 0.142 e. The Morgan fingerprint density at radius 3 is 2.59 bits per heavy atom. The highest BCUT2D eigenvalue weighted by Crippen LogP contribution is 2.24. The van der Waals surface area contributed by atoms with Crippen molar-refractivity contribution >= 4 is 30.5 Å². The van der Waals surface area contributed by atoms with Crippen molar-refractivity contribution in [2.45, 2.75) is 26.0 Å². The number of benzene rings is 2. The number of anilines is 1. The van der Waals surface area contributed by atoms with Crippen molar-refractivity contribution in [3.63, 3.8) is 0 Å². The van der Waals surface area contributed by atoms with E-state index < -0.39 is 0 Å². The van der Waals surface area contributed by atoms with E-state index in [2.05, 4.69) is 53.5 Å². The number of halogens is 2. The molecule has 150 valence electrons. The van der Waals surface area contributed by atoms with Crippen LogP contribution >= 0.6 is 24.8 Å². The first-order valence-electron chi connectivity index (χ1n) is 9.18. The number of hydrogen-bond donors (Lipinski definition) is 1. The van der Waals surface area contributed by atoms with Gasteiger partial charge in [0.1, 0.15) is 5.75 Å². The van der Waals surface area contributed by atoms with Crippen LogP contribution in [0.2, 0.25) is 0 Å². The molecule has 1 atom stereocenters. The number of nitrogens with one attached hydrogen (secondary N) is 1. The van der Waals surface area contributed by atoms with Crippen LogP contribution in [-0.4, -0.2) is 43.9 Å². The molecule has 0 spiro atoms. The topological polar surface area (TPSA) is 33.7 Å². The minimum atomic E-state index is 0. The van der Waals surface area contributed by atoms with Gasteiger partial charge in [0.25, 0.3) is 0 Å². The normalized spacial score (nSPS) is 16.7. The first-order valence-corrected chi connectivity index (χ1v) is 9.18. The average Bonchev–Trinajstić information content (AvgIpc) is 2.66. The van der Waals surface area contributed by atoms with Gasteiger partial charge in [0.05, 0.1) is 25.0 Å². The first-order chi connectivity index (χ1) is 12.3. The summed E-state index contributed by atoms with van der Waals surface area (Å²) in [5.74, 6) is 0.918. The Morgan fingerprint density at radius 1 is 1.07 bits per heavy atom. The van der Waals surface area contributed by atoms with E-state index in [4.69, 9.17) is 9.47 Å². The lowest BCUT2D eigenvalue weighted by atomic mass is 10.2. The fourth-order valence-corrected chi connectivity index (χ4v) is 3.06. The van der Waals surface area contributed by atoms with E-state index in [9.17, 15) is 0 Å². The fraction of sp³-hybridized carbons (Fsp3) is 0.429. The molecule has 0 radical (unpaired) electrons. The number of nitrogens with zero attached hydrogens (tertiary/aromatic N) is 1. The van der Waals surface area contributed by atoms with Crippen molar-refractivity contribution in [1.29, 1.82) is 0 Å². The molecule has 1 fully saturated rings. The maximum atomic E-state index is 5.94. The van der Waals surface area contributed by atoms with Crippen molar-refractivity contribution in [1.82, 2.24) is 4.90 Å². The second kappa shape index (κ2) is 12.8. The van der Waals surface area contributed by atoms with E-state index in [0.29, 0.717) is 0 Å². The molecule has 27 heavy (non-hydrogen) atoms. The molecule has 0 aromatic heterocycles. The Balaban J connectivity index is 0.00000182. The third-order valence-electron chi connectivity index (χ3n) is 4.34. The zero-order valence-corrected chi connectivity index (χ0v) is 17.4. The van der Waals surface area contributed by atoms with Crippen LogP contribution in [0.5, 0.6) is 5.75 Å². The Labute approximate surface area is 175 Å². The molecule has 4 nitrogen and oxygen atoms in total. The average molecular weight is 413 g/mol. The van der Waals surface area contributed by atoms with Gasteiger partial charge in [-0.05, 0) is 24.1 Å². The molecule has 6 heteroatoms. The quantitative estimate of drug-likeness (QED) is 0.684. The van der Waals surface area contributed by atoms with Crippen LogP contribution in [0.3, 0.4) is 0 Å². The van der Waals surface area contributed by atoms with Gasteiger partial charge in [0, 0.05) is 26.2 Å². The van der Waals surface area contributed by atoms with Crippen molar-refractivity contribution in [2.24, 2.45) is 0 Å². The van der Waals surface area contributed by atoms with Gasteiger partial charge in [-0.15, -0.1) is 24.8 Å². The van der Waals surface area contributed by atoms with E-state index in [1.807, 2.05) is 18.2 Å². The molecule has 1 saturated heterocycles. The molecular formula is C21H30Cl2N2O2. The zero-order valence-electron chi connectivity index (χ0n) is 15.8. The van der Waals surface area contributed by atoms with Crippen LogP contribution in [0.15, 0.2) is 54.6 Å². The molecular weight excluding hydrogens is 383 g/mol. The summed E-state index contributed by atoms with van der Waals surface area (Å²) in [4.78, 5) is 2.46. The van der Waals surface area contributed by atoms with Crippen molar-refractivity contribution < 1.29 is 9.47 Å². The summed E-state index contributed by atoms with van der Waals surface area (Å²) in [6.07, 6.45) is 1.20. The molecule has 2 aromatic rings. The Hall–Kier alpha value is -1.46. The van der Waals surface area contributed by atoms with Crippen LogP contribution in [0.4, 0.5) is 5.69 Å². The summed E-state index contributed by atoms with van der Waals surface area (Å²) in [7, 11) is 0. The number of rotatable bonds is 8. The lowest BCUT2D eigenvalue weighted by Gasteiger charge is -2.33. The highest BCUT2D eigenvalue weighted by atomic mass is 35.5. The van der Waals surface area contributed by atoms with Gasteiger partial charge in [-0.2, -0.15) is 0 Å². The van der Waals surface area contributed by atoms with Crippen molar-refractivity contribution in [3.8, 4) is 5.75 Å². The van der Waals surface area contributed by atoms with Gasteiger partial charge in [-0.25, -0.2) is 0 Å². The molecule has 0 aliphatic carbocycles. The predicted octanol–water partition coefficient (Wildman–Crippen LogP) is 4.63. The lowest BCUT2D eigenvalue weighted by Crippen LogP contribution is -2.44. The molecule has 0 unspecified atom stereocenters. The molecule has 0 bridgehead atoms. The summed E-state index contributed by atoms with van der Waals surface area (Å²) in [6, 6.07) is 18.8. The van der Waals surface area contributed by atoms with Gasteiger partial charge in [-0.1, -0.05) is 49.4 Å². The summed E-state index contributed by atoms with van der Waals surface area (Å²) >= 11 is 0. The van der Waals surface area contributed by atoms with E-state index in [-0.39, 0.29) is 30.9 Å². The van der Waals surface area contributed by atoms with Crippen molar-refractivity contribution in [3.05, 3.63) is 60.2 Å². The number of ether oxygens (including phenoxy) is 2. The van der Waals surface area contributed by atoms with Gasteiger partial charge in [0.15, 0.2) is 0 Å². The summed E-state index contributed by atoms with van der Waals surface area (Å²) in [5.41, 5.74) is 2.40. The molecule has 0 amide bonds. The molecule has 1 N–H and O–H groups in total. The van der Waals surface area contributed by atoms with E-state index in [0.717, 1.165) is 57.3 Å². The van der Waals surface area contributed by atoms with Gasteiger partial charge in [0.2, 0.25) is 0 Å². The zero-order chi connectivity index (χ0) is 17.3. The number of morpholine rings is 1. The Bertz CT molecular complexity index is 643. The van der Waals surface area contributed by atoms with Crippen LogP contribution in [-0.2, 0) is 11.3 Å². The molecule has 0 saturated carbocycles. The SMILES string of the molecule is CCCOc1ccccc1NC[C@H]1CN(Cc2ccccc2)CCO1.Cl.Cl. The number of para-hydroxylation sites is 2. The molecule has 2 aromatic carbocycles. The highest BCUT2D eigenvalue weighted by molar-refractivity contribution is 5.85. The van der Waals surface area contributed by atoms with E-state index >= 15 is 0 Å². The second-order valence-corrected chi connectivity index (χ2v) is 6.44. The highest BCUT2D eigenvalue weighted by Gasteiger charge is 2.20. The summed E-state index contributed by atoms with van der Waals surface area (Å²) in [5, 5.41) is 3.50. The second-order valence-electron chi connectivity index (χ2n) is 6.44. The third-order valence-corrected chi connectivity index (χ3v) is 4.34. The van der Waals surface area contributed by atoms with Crippen LogP contribution in [0.25, 0.3) is 0 Å². The first kappa shape index (κ1) is 23.6. The molecule has 1 aliphatic rings. The van der Waals surface area contributed by atoms with Crippen LogP contribution in [0, 0.1) is 0 Å². The maximum Gasteiger partial charge on any atom is 0.142 e. The standard InChI is InChI=1S/C21H28N2O2.2ClH/c1-2-13-25-21-11-7-6-10-20(21)22-15-19-17-23(12-14-24-19)16-18-8-4-3-5-9-18;;/h3-11,19,22H,2,12-17H2,1H3;2*1H/t19-;;/m0../s1. The van der Waals surface area contributed by atoms with E-state index in [1.165, 1.54) is 5.56 Å². The lowest BCUT2D eigenvalue weighted by molar-refractivity contribution is -0.0240. The van der Waals surface area contributed by atoms with Crippen molar-refractivity contribution in [2.75, 3.05) is 38.2 Å². The largest absolute Gasteiger partial charge is 0.491 e. The Morgan fingerprint density at radius 2 is 1.81 bits per heavy atom. The number of hydrogen-bond acceptors (Lipinski definition) is 4. The monoisotopic (exact) mass is 412 g/mol. The summed E-state index contributed by atoms with van der Waals surface area (Å²) < 4.78 is 11.8. The molecule has 3 rings (SSSR count). The van der Waals surface area contributed by atoms with Gasteiger partial charge < -0.3 is 14.8 Å². The molecule has 1 heterocycles. The van der Waals surface area contributed by atoms with Gasteiger partial charge >= 0.3 is 0 Å². The van der Waals surface area contributed by atoms with Crippen LogP contribution < -0.4 is 10.1 Å². The predicted molar refractivity (Wildman–Crippen MR) is 117 cm³/mol. The maximum absolute atomic E-state index is 5.94. The fourth-order valence-electron chi connectivity index (χ4n) is 3.06. The van der Waals surface area contributed by atoms with E-state index in [1.54, 1.807) is 0 Å². The van der Waals surface area contributed by atoms with Crippen LogP contribution in [0.1, 0.15) is 18.9 Å². The minimum Gasteiger partial charge on any atom is -0.491 e. The third kappa shape index (κ3) is 7.59. The van der Waals surface area contributed by atoms with Gasteiger partial charge in [-0.3, -0.25) is 4.90 Å². The minimum absolute atomic E-state index is 0. The summed E-state index contributed by atoms with van der Waals surface area (Å²) in [6.45, 7) is 7.35. The Kier molecular flexibility index (Phi) is 11.2. The molecule has 1 aliphatic heterocycles.